The molecule has 128 valence electrons. The number of ether oxygens (including phenoxy) is 2. The van der Waals surface area contributed by atoms with Crippen molar-refractivity contribution < 1.29 is 24.2 Å². The van der Waals surface area contributed by atoms with Crippen molar-refractivity contribution in [2.75, 3.05) is 37.8 Å². The summed E-state index contributed by atoms with van der Waals surface area (Å²) in [7, 11) is 0. The van der Waals surface area contributed by atoms with Crippen LogP contribution in [-0.2, 0) is 20.7 Å². The molecule has 0 radical (unpaired) electrons. The van der Waals surface area contributed by atoms with Gasteiger partial charge in [-0.25, -0.2) is 4.79 Å². The van der Waals surface area contributed by atoms with Crippen LogP contribution >= 0.6 is 0 Å². The zero-order chi connectivity index (χ0) is 17.3. The molecule has 3 rings (SSSR count). The first-order valence-corrected chi connectivity index (χ1v) is 7.27. The van der Waals surface area contributed by atoms with Gasteiger partial charge in [-0.2, -0.15) is 9.97 Å². The molecule has 1 amide bonds. The second-order valence-electron chi connectivity index (χ2n) is 5.70. The Labute approximate surface area is 137 Å². The normalized spacial score (nSPS) is 23.1. The molecule has 0 bridgehead atoms. The summed E-state index contributed by atoms with van der Waals surface area (Å²) in [5.41, 5.74) is 11.2. The standard InChI is InChI=1S/C14H17N5O5/c15-11-8-5-14(24-12(8)18-13(16)17-11)6-19(3-4-23-7-14)9(20)1-2-10(21)22/h1-2H,3-7H2,(H,21,22)(H4,15,16,17,18)/b2-1+. The van der Waals surface area contributed by atoms with Crippen LogP contribution in [0.4, 0.5) is 11.8 Å². The number of carbonyl (C=O) groups is 2. The molecule has 10 heteroatoms. The van der Waals surface area contributed by atoms with E-state index in [1.54, 1.807) is 0 Å². The molecule has 2 aliphatic heterocycles. The Morgan fingerprint density at radius 2 is 2.08 bits per heavy atom. The van der Waals surface area contributed by atoms with Crippen molar-refractivity contribution >= 4 is 23.6 Å². The van der Waals surface area contributed by atoms with Crippen LogP contribution in [0.5, 0.6) is 5.88 Å². The number of hydrogen-bond acceptors (Lipinski definition) is 8. The molecule has 24 heavy (non-hydrogen) atoms. The molecular formula is C14H17N5O5. The molecule has 1 spiro atoms. The van der Waals surface area contributed by atoms with Gasteiger partial charge in [-0.15, -0.1) is 0 Å². The van der Waals surface area contributed by atoms with E-state index >= 15 is 0 Å². The molecule has 5 N–H and O–H groups in total. The van der Waals surface area contributed by atoms with Crippen LogP contribution in [-0.4, -0.2) is 63.8 Å². The molecule has 2 aliphatic rings. The topological polar surface area (TPSA) is 154 Å². The van der Waals surface area contributed by atoms with Crippen molar-refractivity contribution in [1.82, 2.24) is 14.9 Å². The Bertz CT molecular complexity index is 722. The van der Waals surface area contributed by atoms with Crippen molar-refractivity contribution in [3.05, 3.63) is 17.7 Å². The first-order valence-electron chi connectivity index (χ1n) is 7.27. The summed E-state index contributed by atoms with van der Waals surface area (Å²) in [4.78, 5) is 32.2. The Morgan fingerprint density at radius 1 is 1.29 bits per heavy atom. The van der Waals surface area contributed by atoms with Gasteiger partial charge < -0.3 is 30.9 Å². The van der Waals surface area contributed by atoms with Crippen LogP contribution in [0.2, 0.25) is 0 Å². The summed E-state index contributed by atoms with van der Waals surface area (Å²) in [6, 6.07) is 0. The van der Waals surface area contributed by atoms with Crippen molar-refractivity contribution in [2.45, 2.75) is 12.0 Å². The quantitative estimate of drug-likeness (QED) is 0.566. The van der Waals surface area contributed by atoms with Crippen LogP contribution in [0.3, 0.4) is 0 Å². The van der Waals surface area contributed by atoms with Crippen molar-refractivity contribution in [3.63, 3.8) is 0 Å². The Balaban J connectivity index is 1.82. The van der Waals surface area contributed by atoms with Crippen LogP contribution < -0.4 is 16.2 Å². The Hall–Kier alpha value is -2.88. The monoisotopic (exact) mass is 335 g/mol. The SMILES string of the molecule is Nc1nc(N)c2c(n1)OC1(COCCN(C(=O)/C=C/C(=O)O)C1)C2. The van der Waals surface area contributed by atoms with Gasteiger partial charge in [-0.3, -0.25) is 4.79 Å². The van der Waals surface area contributed by atoms with Gasteiger partial charge in [0.15, 0.2) is 5.60 Å². The van der Waals surface area contributed by atoms with Crippen molar-refractivity contribution in [1.29, 1.82) is 0 Å². The third-order valence-electron chi connectivity index (χ3n) is 3.86. The van der Waals surface area contributed by atoms with Gasteiger partial charge >= 0.3 is 5.97 Å². The molecule has 0 saturated carbocycles. The molecule has 3 heterocycles. The lowest BCUT2D eigenvalue weighted by atomic mass is 9.98. The predicted molar refractivity (Wildman–Crippen MR) is 82.1 cm³/mol. The van der Waals surface area contributed by atoms with E-state index in [9.17, 15) is 9.59 Å². The molecule has 1 saturated heterocycles. The van der Waals surface area contributed by atoms with E-state index in [2.05, 4.69) is 9.97 Å². The first-order chi connectivity index (χ1) is 11.4. The van der Waals surface area contributed by atoms with Crippen molar-refractivity contribution in [3.8, 4) is 5.88 Å². The average Bonchev–Trinajstić information content (AvgIpc) is 2.72. The summed E-state index contributed by atoms with van der Waals surface area (Å²) in [5.74, 6) is -1.08. The lowest BCUT2D eigenvalue weighted by molar-refractivity contribution is -0.132. The van der Waals surface area contributed by atoms with Gasteiger partial charge in [-0.1, -0.05) is 0 Å². The first kappa shape index (κ1) is 16.0. The van der Waals surface area contributed by atoms with Crippen LogP contribution in [0.15, 0.2) is 12.2 Å². The van der Waals surface area contributed by atoms with Crippen LogP contribution in [0, 0.1) is 0 Å². The number of hydrogen-bond donors (Lipinski definition) is 3. The van der Waals surface area contributed by atoms with Gasteiger partial charge in [-0.05, 0) is 0 Å². The van der Waals surface area contributed by atoms with E-state index in [1.165, 1.54) is 4.90 Å². The maximum atomic E-state index is 12.2. The van der Waals surface area contributed by atoms with E-state index in [0.29, 0.717) is 31.0 Å². The predicted octanol–water partition coefficient (Wildman–Crippen LogP) is -1.19. The summed E-state index contributed by atoms with van der Waals surface area (Å²) >= 11 is 0. The molecule has 1 unspecified atom stereocenters. The minimum atomic E-state index is -1.19. The van der Waals surface area contributed by atoms with E-state index in [4.69, 9.17) is 26.0 Å². The van der Waals surface area contributed by atoms with E-state index in [1.807, 2.05) is 0 Å². The van der Waals surface area contributed by atoms with Gasteiger partial charge in [0.05, 0.1) is 25.3 Å². The minimum Gasteiger partial charge on any atom is -0.478 e. The van der Waals surface area contributed by atoms with Crippen LogP contribution in [0.1, 0.15) is 5.56 Å². The molecule has 1 fully saturated rings. The highest BCUT2D eigenvalue weighted by atomic mass is 16.6. The van der Waals surface area contributed by atoms with E-state index < -0.39 is 17.5 Å². The highest BCUT2D eigenvalue weighted by molar-refractivity contribution is 5.94. The number of carbonyl (C=O) groups excluding carboxylic acids is 1. The molecule has 0 aliphatic carbocycles. The summed E-state index contributed by atoms with van der Waals surface area (Å²) < 4.78 is 11.5. The lowest BCUT2D eigenvalue weighted by Gasteiger charge is -2.30. The smallest absolute Gasteiger partial charge is 0.328 e. The maximum absolute atomic E-state index is 12.2. The number of carboxylic acids is 1. The third kappa shape index (κ3) is 3.08. The lowest BCUT2D eigenvalue weighted by Crippen LogP contribution is -2.49. The number of carboxylic acid groups (broad SMARTS) is 1. The summed E-state index contributed by atoms with van der Waals surface area (Å²) in [6.45, 7) is 1.10. The number of fused-ring (bicyclic) bond motifs is 1. The van der Waals surface area contributed by atoms with E-state index in [0.717, 1.165) is 12.2 Å². The number of anilines is 2. The molecular weight excluding hydrogens is 318 g/mol. The second-order valence-corrected chi connectivity index (χ2v) is 5.70. The zero-order valence-corrected chi connectivity index (χ0v) is 12.8. The fourth-order valence-corrected chi connectivity index (χ4v) is 2.82. The number of rotatable bonds is 2. The fourth-order valence-electron chi connectivity index (χ4n) is 2.82. The molecule has 0 aromatic carbocycles. The number of nitrogen functional groups attached to an aromatic ring is 2. The Morgan fingerprint density at radius 3 is 2.83 bits per heavy atom. The molecule has 1 aromatic heterocycles. The third-order valence-corrected chi connectivity index (χ3v) is 3.86. The number of nitrogens with two attached hydrogens (primary N) is 2. The zero-order valence-electron chi connectivity index (χ0n) is 12.8. The molecule has 10 nitrogen and oxygen atoms in total. The van der Waals surface area contributed by atoms with Gasteiger partial charge in [0.1, 0.15) is 5.82 Å². The molecule has 1 aromatic rings. The second kappa shape index (κ2) is 5.96. The van der Waals surface area contributed by atoms with E-state index in [-0.39, 0.29) is 24.9 Å². The average molecular weight is 335 g/mol. The summed E-state index contributed by atoms with van der Waals surface area (Å²) in [6.07, 6.45) is 2.19. The van der Waals surface area contributed by atoms with Gasteiger partial charge in [0.2, 0.25) is 17.7 Å². The van der Waals surface area contributed by atoms with Gasteiger partial charge in [0.25, 0.3) is 0 Å². The number of amides is 1. The molecule has 1 atom stereocenters. The maximum Gasteiger partial charge on any atom is 0.328 e. The summed E-state index contributed by atoms with van der Waals surface area (Å²) in [5, 5.41) is 8.65. The largest absolute Gasteiger partial charge is 0.478 e. The number of aliphatic carboxylic acids is 1. The highest BCUT2D eigenvalue weighted by Gasteiger charge is 2.45. The van der Waals surface area contributed by atoms with Crippen LogP contribution in [0.25, 0.3) is 0 Å². The minimum absolute atomic E-state index is 0.00941. The Kier molecular flexibility index (Phi) is 3.97. The highest BCUT2D eigenvalue weighted by Crippen LogP contribution is 2.38. The number of aromatic nitrogens is 2. The fraction of sp³-hybridized carbons (Fsp3) is 0.429. The number of nitrogens with zero attached hydrogens (tertiary/aromatic N) is 3. The van der Waals surface area contributed by atoms with Gasteiger partial charge in [0, 0.05) is 25.1 Å². The van der Waals surface area contributed by atoms with Crippen molar-refractivity contribution in [2.24, 2.45) is 0 Å².